The highest BCUT2D eigenvalue weighted by molar-refractivity contribution is 5.87. The fraction of sp³-hybridized carbons (Fsp3) is 0.300. The van der Waals surface area contributed by atoms with Crippen molar-refractivity contribution in [3.05, 3.63) is 95.9 Å². The average molecular weight is 534 g/mol. The van der Waals surface area contributed by atoms with E-state index in [9.17, 15) is 18.3 Å². The molecule has 1 atom stereocenters. The first-order chi connectivity index (χ1) is 18.7. The summed E-state index contributed by atoms with van der Waals surface area (Å²) in [6.07, 6.45) is -2.14. The number of piperidine rings is 1. The quantitative estimate of drug-likeness (QED) is 0.242. The molecule has 0 spiro atoms. The lowest BCUT2D eigenvalue weighted by Gasteiger charge is -2.38. The lowest BCUT2D eigenvalue weighted by atomic mass is 9.89. The number of nitrogens with zero attached hydrogens (tertiary/aromatic N) is 3. The minimum absolute atomic E-state index is 0.128. The number of β-amino-alcohol motifs (C(OH)–C–C–N with tert-alkyl or cyclic N) is 1. The molecule has 0 radical (unpaired) electrons. The third kappa shape index (κ3) is 4.77. The van der Waals surface area contributed by atoms with Gasteiger partial charge in [-0.05, 0) is 55.8 Å². The summed E-state index contributed by atoms with van der Waals surface area (Å²) in [5.74, 6) is 0.992. The third-order valence-electron chi connectivity index (χ3n) is 7.85. The van der Waals surface area contributed by atoms with Crippen LogP contribution in [0.3, 0.4) is 0 Å². The van der Waals surface area contributed by atoms with Crippen molar-refractivity contribution >= 4 is 27.6 Å². The van der Waals surface area contributed by atoms with Crippen molar-refractivity contribution in [3.8, 4) is 0 Å². The normalized spacial score (nSPS) is 17.1. The maximum Gasteiger partial charge on any atom is 0.422 e. The highest BCUT2D eigenvalue weighted by Crippen LogP contribution is 2.44. The van der Waals surface area contributed by atoms with Crippen LogP contribution in [0.25, 0.3) is 21.9 Å². The predicted octanol–water partition coefficient (Wildman–Crippen LogP) is 5.78. The number of hydrogen-bond donors (Lipinski definition) is 3. The number of aromatic nitrogens is 3. The summed E-state index contributed by atoms with van der Waals surface area (Å²) < 4.78 is 45.9. The number of aromatic amines is 1. The van der Waals surface area contributed by atoms with Gasteiger partial charge in [-0.1, -0.05) is 48.5 Å². The first-order valence-electron chi connectivity index (χ1n) is 13.1. The monoisotopic (exact) mass is 533 g/mol. The second-order valence-corrected chi connectivity index (χ2v) is 10.5. The zero-order chi connectivity index (χ0) is 27.2. The average Bonchev–Trinajstić information content (AvgIpc) is 3.51. The highest BCUT2D eigenvalue weighted by atomic mass is 19.4. The first kappa shape index (κ1) is 25.5. The van der Waals surface area contributed by atoms with Gasteiger partial charge in [0.1, 0.15) is 5.82 Å². The van der Waals surface area contributed by atoms with Gasteiger partial charge in [0.15, 0.2) is 0 Å². The molecule has 3 aromatic carbocycles. The molecule has 2 aromatic heterocycles. The maximum atomic E-state index is 14.7. The van der Waals surface area contributed by atoms with Crippen LogP contribution in [0, 0.1) is 0 Å². The zero-order valence-corrected chi connectivity index (χ0v) is 21.3. The molecule has 0 bridgehead atoms. The molecular formula is C30H30F3N5O. The molecule has 1 saturated heterocycles. The van der Waals surface area contributed by atoms with Crippen molar-refractivity contribution in [2.24, 2.45) is 0 Å². The van der Waals surface area contributed by atoms with Crippen LogP contribution in [0.1, 0.15) is 35.7 Å². The number of hydrogen-bond acceptors (Lipinski definition) is 4. The number of alkyl halides is 3. The molecule has 39 heavy (non-hydrogen) atoms. The van der Waals surface area contributed by atoms with Gasteiger partial charge in [-0.3, -0.25) is 4.90 Å². The number of halogens is 3. The van der Waals surface area contributed by atoms with Crippen molar-refractivity contribution in [1.82, 2.24) is 19.4 Å². The molecule has 3 heterocycles. The SMILES string of the molecule is Nc1ccc2c(C(O)(CN3CCC(c4nc5ccccc5[nH]4)CC3)C(F)(F)F)cn(Cc3ccccc3)c2c1. The van der Waals surface area contributed by atoms with Crippen LogP contribution >= 0.6 is 0 Å². The van der Waals surface area contributed by atoms with Gasteiger partial charge < -0.3 is 20.4 Å². The lowest BCUT2D eigenvalue weighted by molar-refractivity contribution is -0.271. The molecule has 6 nitrogen and oxygen atoms in total. The number of benzene rings is 3. The Hall–Kier alpha value is -3.82. The molecule has 1 fully saturated rings. The highest BCUT2D eigenvalue weighted by Gasteiger charge is 2.57. The van der Waals surface area contributed by atoms with Crippen LogP contribution in [0.2, 0.25) is 0 Å². The van der Waals surface area contributed by atoms with E-state index in [-0.39, 0.29) is 11.5 Å². The van der Waals surface area contributed by atoms with Gasteiger partial charge in [0.25, 0.3) is 0 Å². The third-order valence-corrected chi connectivity index (χ3v) is 7.85. The number of nitrogens with two attached hydrogens (primary N) is 1. The molecule has 6 rings (SSSR count). The van der Waals surface area contributed by atoms with E-state index in [1.807, 2.05) is 54.6 Å². The van der Waals surface area contributed by atoms with E-state index in [2.05, 4.69) is 9.97 Å². The van der Waals surface area contributed by atoms with Gasteiger partial charge >= 0.3 is 6.18 Å². The minimum Gasteiger partial charge on any atom is -0.399 e. The van der Waals surface area contributed by atoms with Crippen LogP contribution in [-0.2, 0) is 12.1 Å². The van der Waals surface area contributed by atoms with Gasteiger partial charge in [0.2, 0.25) is 5.60 Å². The van der Waals surface area contributed by atoms with Crippen molar-refractivity contribution in [1.29, 1.82) is 0 Å². The standard InChI is InChI=1S/C30H30F3N5O/c31-30(32,33)29(39,19-37-14-12-21(13-15-37)28-35-25-8-4-5-9-26(25)36-28)24-18-38(17-20-6-2-1-3-7-20)27-16-22(34)10-11-23(24)27/h1-11,16,18,21,39H,12-15,17,19,34H2,(H,35,36). The molecule has 4 N–H and O–H groups in total. The summed E-state index contributed by atoms with van der Waals surface area (Å²) in [4.78, 5) is 9.75. The van der Waals surface area contributed by atoms with Gasteiger partial charge in [-0.2, -0.15) is 13.2 Å². The Bertz CT molecular complexity index is 1570. The van der Waals surface area contributed by atoms with E-state index in [4.69, 9.17) is 5.73 Å². The van der Waals surface area contributed by atoms with Gasteiger partial charge in [-0.15, -0.1) is 0 Å². The van der Waals surface area contributed by atoms with Crippen molar-refractivity contribution in [2.45, 2.75) is 37.1 Å². The largest absolute Gasteiger partial charge is 0.422 e. The molecule has 1 aliphatic heterocycles. The van der Waals surface area contributed by atoms with Gasteiger partial charge in [0.05, 0.1) is 16.6 Å². The van der Waals surface area contributed by atoms with E-state index in [1.165, 1.54) is 6.20 Å². The van der Waals surface area contributed by atoms with Crippen molar-refractivity contribution in [3.63, 3.8) is 0 Å². The smallest absolute Gasteiger partial charge is 0.399 e. The Balaban J connectivity index is 1.28. The fourth-order valence-corrected chi connectivity index (χ4v) is 5.73. The number of anilines is 1. The number of para-hydroxylation sites is 2. The summed E-state index contributed by atoms with van der Waals surface area (Å²) in [7, 11) is 0. The predicted molar refractivity (Wildman–Crippen MR) is 146 cm³/mol. The molecule has 202 valence electrons. The number of nitrogen functional groups attached to an aromatic ring is 1. The van der Waals surface area contributed by atoms with Gasteiger partial charge in [0, 0.05) is 41.8 Å². The Morgan fingerprint density at radius 1 is 0.974 bits per heavy atom. The Labute approximate surface area is 223 Å². The summed E-state index contributed by atoms with van der Waals surface area (Å²) in [5, 5.41) is 11.8. The van der Waals surface area contributed by atoms with Crippen LogP contribution in [0.5, 0.6) is 0 Å². The van der Waals surface area contributed by atoms with Crippen LogP contribution in [0.15, 0.2) is 79.0 Å². The Kier molecular flexibility index (Phi) is 6.35. The molecule has 9 heteroatoms. The zero-order valence-electron chi connectivity index (χ0n) is 21.3. The Morgan fingerprint density at radius 3 is 2.41 bits per heavy atom. The maximum absolute atomic E-state index is 14.7. The fourth-order valence-electron chi connectivity index (χ4n) is 5.73. The molecule has 1 unspecified atom stereocenters. The molecule has 0 saturated carbocycles. The lowest BCUT2D eigenvalue weighted by Crippen LogP contribution is -2.52. The van der Waals surface area contributed by atoms with E-state index >= 15 is 0 Å². The van der Waals surface area contributed by atoms with Gasteiger partial charge in [-0.25, -0.2) is 4.98 Å². The van der Waals surface area contributed by atoms with Crippen LogP contribution in [-0.4, -0.2) is 50.4 Å². The van der Waals surface area contributed by atoms with E-state index < -0.39 is 18.3 Å². The molecular weight excluding hydrogens is 503 g/mol. The topological polar surface area (TPSA) is 83.1 Å². The van der Waals surface area contributed by atoms with E-state index in [1.54, 1.807) is 27.7 Å². The number of likely N-dealkylation sites (tertiary alicyclic amines) is 1. The van der Waals surface area contributed by atoms with Crippen molar-refractivity contribution < 1.29 is 18.3 Å². The number of fused-ring (bicyclic) bond motifs is 2. The first-order valence-corrected chi connectivity index (χ1v) is 13.1. The number of rotatable bonds is 6. The summed E-state index contributed by atoms with van der Waals surface area (Å²) in [5.41, 5.74) is 6.59. The molecule has 1 aliphatic rings. The number of imidazole rings is 1. The van der Waals surface area contributed by atoms with E-state index in [0.717, 1.165) is 22.4 Å². The van der Waals surface area contributed by atoms with Crippen LogP contribution < -0.4 is 5.73 Å². The van der Waals surface area contributed by atoms with E-state index in [0.29, 0.717) is 49.1 Å². The number of H-pyrrole nitrogens is 1. The molecule has 0 amide bonds. The summed E-state index contributed by atoms with van der Waals surface area (Å²) in [6.45, 7) is 0.668. The summed E-state index contributed by atoms with van der Waals surface area (Å²) in [6, 6.07) is 22.1. The second-order valence-electron chi connectivity index (χ2n) is 10.5. The molecule has 5 aromatic rings. The number of aliphatic hydroxyl groups is 1. The minimum atomic E-state index is -4.88. The second kappa shape index (κ2) is 9.73. The number of nitrogens with one attached hydrogen (secondary N) is 1. The van der Waals surface area contributed by atoms with Crippen molar-refractivity contribution in [2.75, 3.05) is 25.4 Å². The van der Waals surface area contributed by atoms with Crippen LogP contribution in [0.4, 0.5) is 18.9 Å². The Morgan fingerprint density at radius 2 is 1.69 bits per heavy atom. The molecule has 0 aliphatic carbocycles. The summed E-state index contributed by atoms with van der Waals surface area (Å²) >= 11 is 0.